The lowest BCUT2D eigenvalue weighted by molar-refractivity contribution is 0.0377. The first kappa shape index (κ1) is 11.0. The van der Waals surface area contributed by atoms with Crippen molar-refractivity contribution in [1.82, 2.24) is 0 Å². The third kappa shape index (κ3) is 2.73. The smallest absolute Gasteiger partial charge is 0.338 e. The van der Waals surface area contributed by atoms with Crippen LogP contribution in [0.25, 0.3) is 0 Å². The second kappa shape index (κ2) is 4.46. The van der Waals surface area contributed by atoms with E-state index in [1.165, 1.54) is 6.07 Å². The first-order chi connectivity index (χ1) is 6.50. The molecule has 0 aliphatic rings. The van der Waals surface area contributed by atoms with Gasteiger partial charge in [-0.1, -0.05) is 0 Å². The van der Waals surface area contributed by atoms with Crippen LogP contribution in [0.5, 0.6) is 5.75 Å². The zero-order valence-corrected chi connectivity index (χ0v) is 9.54. The topological polar surface area (TPSA) is 46.5 Å². The monoisotopic (exact) mass is 258 g/mol. The minimum atomic E-state index is -0.428. The third-order valence-electron chi connectivity index (χ3n) is 1.52. The molecule has 0 aromatic heterocycles. The number of rotatable bonds is 2. The summed E-state index contributed by atoms with van der Waals surface area (Å²) in [6, 6.07) is 4.57. The molecule has 76 valence electrons. The number of hydrogen-bond donors (Lipinski definition) is 1. The Bertz CT molecular complexity index is 347. The Hall–Kier alpha value is -1.03. The van der Waals surface area contributed by atoms with Crippen LogP contribution in [0.2, 0.25) is 0 Å². The molecular formula is C10H11BrO3. The summed E-state index contributed by atoms with van der Waals surface area (Å²) in [6.45, 7) is 3.55. The molecule has 0 aliphatic heterocycles. The van der Waals surface area contributed by atoms with Gasteiger partial charge in [-0.25, -0.2) is 4.79 Å². The molecule has 0 fully saturated rings. The largest absolute Gasteiger partial charge is 0.507 e. The van der Waals surface area contributed by atoms with E-state index in [-0.39, 0.29) is 11.9 Å². The number of phenols is 1. The lowest BCUT2D eigenvalue weighted by Crippen LogP contribution is -2.11. The number of hydrogen-bond acceptors (Lipinski definition) is 3. The van der Waals surface area contributed by atoms with Crippen molar-refractivity contribution >= 4 is 21.9 Å². The molecule has 1 N–H and O–H groups in total. The highest BCUT2D eigenvalue weighted by molar-refractivity contribution is 9.10. The molecular weight excluding hydrogens is 248 g/mol. The molecule has 0 bridgehead atoms. The van der Waals surface area contributed by atoms with E-state index in [0.29, 0.717) is 10.0 Å². The Kier molecular flexibility index (Phi) is 3.52. The molecule has 0 aliphatic carbocycles. The average molecular weight is 259 g/mol. The van der Waals surface area contributed by atoms with E-state index < -0.39 is 5.97 Å². The predicted molar refractivity (Wildman–Crippen MR) is 56.4 cm³/mol. The average Bonchev–Trinajstić information content (AvgIpc) is 2.08. The van der Waals surface area contributed by atoms with Gasteiger partial charge >= 0.3 is 5.97 Å². The molecule has 0 atom stereocenters. The molecule has 0 unspecified atom stereocenters. The fraction of sp³-hybridized carbons (Fsp3) is 0.300. The molecule has 4 heteroatoms. The minimum absolute atomic E-state index is 0.0307. The maximum Gasteiger partial charge on any atom is 0.338 e. The van der Waals surface area contributed by atoms with Gasteiger partial charge in [-0.05, 0) is 48.0 Å². The number of phenolic OH excluding ortho intramolecular Hbond substituents is 1. The van der Waals surface area contributed by atoms with Gasteiger partial charge in [0.05, 0.1) is 16.1 Å². The Labute approximate surface area is 90.8 Å². The molecule has 0 saturated heterocycles. The molecule has 1 rings (SSSR count). The molecule has 3 nitrogen and oxygen atoms in total. The van der Waals surface area contributed by atoms with Crippen LogP contribution in [0.4, 0.5) is 0 Å². The standard InChI is InChI=1S/C10H11BrO3/c1-6(2)14-10(13)7-3-4-8(11)9(12)5-7/h3-6,12H,1-2H3. The highest BCUT2D eigenvalue weighted by atomic mass is 79.9. The molecule has 0 heterocycles. The lowest BCUT2D eigenvalue weighted by atomic mass is 10.2. The summed E-state index contributed by atoms with van der Waals surface area (Å²) < 4.78 is 5.52. The van der Waals surface area contributed by atoms with Gasteiger partial charge in [0, 0.05) is 0 Å². The SMILES string of the molecule is CC(C)OC(=O)c1ccc(Br)c(O)c1. The summed E-state index contributed by atoms with van der Waals surface area (Å²) in [5.74, 6) is -0.397. The van der Waals surface area contributed by atoms with Crippen LogP contribution < -0.4 is 0 Å². The summed E-state index contributed by atoms with van der Waals surface area (Å²) in [6.07, 6.45) is -0.159. The van der Waals surface area contributed by atoms with E-state index in [1.807, 2.05) is 0 Å². The van der Waals surface area contributed by atoms with E-state index in [4.69, 9.17) is 4.74 Å². The van der Waals surface area contributed by atoms with Gasteiger partial charge in [0.1, 0.15) is 5.75 Å². The van der Waals surface area contributed by atoms with Gasteiger partial charge in [0.2, 0.25) is 0 Å². The quantitative estimate of drug-likeness (QED) is 0.830. The van der Waals surface area contributed by atoms with Crippen LogP contribution in [-0.4, -0.2) is 17.2 Å². The van der Waals surface area contributed by atoms with Gasteiger partial charge in [0.25, 0.3) is 0 Å². The molecule has 1 aromatic rings. The van der Waals surface area contributed by atoms with Crippen molar-refractivity contribution in [2.45, 2.75) is 20.0 Å². The van der Waals surface area contributed by atoms with Gasteiger partial charge in [0.15, 0.2) is 0 Å². The zero-order chi connectivity index (χ0) is 10.7. The third-order valence-corrected chi connectivity index (χ3v) is 2.20. The summed E-state index contributed by atoms with van der Waals surface area (Å²) in [4.78, 5) is 11.4. The van der Waals surface area contributed by atoms with Crippen molar-refractivity contribution in [2.24, 2.45) is 0 Å². The molecule has 14 heavy (non-hydrogen) atoms. The maximum atomic E-state index is 11.4. The number of esters is 1. The van der Waals surface area contributed by atoms with Crippen molar-refractivity contribution in [3.05, 3.63) is 28.2 Å². The number of ether oxygens (including phenoxy) is 1. The number of carbonyl (C=O) groups is 1. The lowest BCUT2D eigenvalue weighted by Gasteiger charge is -2.08. The van der Waals surface area contributed by atoms with Crippen LogP contribution in [0, 0.1) is 0 Å². The fourth-order valence-electron chi connectivity index (χ4n) is 0.922. The highest BCUT2D eigenvalue weighted by Crippen LogP contribution is 2.24. The molecule has 0 amide bonds. The number of benzene rings is 1. The Morgan fingerprint density at radius 2 is 2.14 bits per heavy atom. The van der Waals surface area contributed by atoms with Crippen molar-refractivity contribution in [3.8, 4) is 5.75 Å². The van der Waals surface area contributed by atoms with E-state index in [9.17, 15) is 9.90 Å². The van der Waals surface area contributed by atoms with Crippen molar-refractivity contribution in [2.75, 3.05) is 0 Å². The molecule has 0 radical (unpaired) electrons. The second-order valence-electron chi connectivity index (χ2n) is 3.12. The Morgan fingerprint density at radius 1 is 1.50 bits per heavy atom. The second-order valence-corrected chi connectivity index (χ2v) is 3.97. The number of carbonyl (C=O) groups excluding carboxylic acids is 1. The van der Waals surface area contributed by atoms with E-state index >= 15 is 0 Å². The summed E-state index contributed by atoms with van der Waals surface area (Å²) in [5.41, 5.74) is 0.347. The number of aromatic hydroxyl groups is 1. The van der Waals surface area contributed by atoms with Crippen LogP contribution >= 0.6 is 15.9 Å². The van der Waals surface area contributed by atoms with E-state index in [2.05, 4.69) is 15.9 Å². The fourth-order valence-corrected chi connectivity index (χ4v) is 1.17. The van der Waals surface area contributed by atoms with Crippen LogP contribution in [0.1, 0.15) is 24.2 Å². The predicted octanol–water partition coefficient (Wildman–Crippen LogP) is 2.72. The van der Waals surface area contributed by atoms with Gasteiger partial charge in [-0.15, -0.1) is 0 Å². The van der Waals surface area contributed by atoms with Crippen molar-refractivity contribution < 1.29 is 14.6 Å². The summed E-state index contributed by atoms with van der Waals surface area (Å²) in [7, 11) is 0. The van der Waals surface area contributed by atoms with Gasteiger partial charge < -0.3 is 9.84 Å². The van der Waals surface area contributed by atoms with Crippen molar-refractivity contribution in [1.29, 1.82) is 0 Å². The minimum Gasteiger partial charge on any atom is -0.507 e. The first-order valence-corrected chi connectivity index (χ1v) is 4.99. The zero-order valence-electron chi connectivity index (χ0n) is 7.95. The summed E-state index contributed by atoms with van der Waals surface area (Å²) in [5, 5.41) is 9.33. The number of halogens is 1. The maximum absolute atomic E-state index is 11.4. The highest BCUT2D eigenvalue weighted by Gasteiger charge is 2.10. The molecule has 1 aromatic carbocycles. The van der Waals surface area contributed by atoms with Crippen LogP contribution in [0.15, 0.2) is 22.7 Å². The Balaban J connectivity index is 2.86. The summed E-state index contributed by atoms with van der Waals surface area (Å²) >= 11 is 3.13. The van der Waals surface area contributed by atoms with Crippen LogP contribution in [0.3, 0.4) is 0 Å². The van der Waals surface area contributed by atoms with Gasteiger partial charge in [-0.3, -0.25) is 0 Å². The molecule has 0 saturated carbocycles. The van der Waals surface area contributed by atoms with E-state index in [0.717, 1.165) is 0 Å². The van der Waals surface area contributed by atoms with Crippen LogP contribution in [-0.2, 0) is 4.74 Å². The Morgan fingerprint density at radius 3 is 2.64 bits per heavy atom. The first-order valence-electron chi connectivity index (χ1n) is 4.20. The van der Waals surface area contributed by atoms with E-state index in [1.54, 1.807) is 26.0 Å². The normalized spacial score (nSPS) is 10.3. The van der Waals surface area contributed by atoms with Gasteiger partial charge in [-0.2, -0.15) is 0 Å². The molecule has 0 spiro atoms. The van der Waals surface area contributed by atoms with Crippen molar-refractivity contribution in [3.63, 3.8) is 0 Å².